The fourth-order valence-electron chi connectivity index (χ4n) is 4.40. The van der Waals surface area contributed by atoms with E-state index in [2.05, 4.69) is 13.0 Å². The molecule has 0 aromatic heterocycles. The van der Waals surface area contributed by atoms with Crippen LogP contribution in [0.2, 0.25) is 0 Å². The minimum Gasteiger partial charge on any atom is -0.507 e. The molecule has 0 bridgehead atoms. The zero-order valence-electron chi connectivity index (χ0n) is 16.8. The number of amides is 2. The molecule has 2 amide bonds. The van der Waals surface area contributed by atoms with Crippen LogP contribution in [0.5, 0.6) is 5.75 Å². The first-order valence-corrected chi connectivity index (χ1v) is 10.1. The van der Waals surface area contributed by atoms with Crippen molar-refractivity contribution >= 4 is 11.8 Å². The highest BCUT2D eigenvalue weighted by molar-refractivity contribution is 6.01. The number of phenols is 1. The standard InChI is InChI=1S/C25H22N2O3/c1-16-5-4-8-20-14-27(15-22(16)20)24(29)17-9-10-23(28)21(11-17)25(30)26-12-18-6-2-3-7-19(18)13-26/h2-11,28H,12-15H2,1H3. The molecule has 0 atom stereocenters. The predicted molar refractivity (Wildman–Crippen MR) is 113 cm³/mol. The molecule has 1 N–H and O–H groups in total. The van der Waals surface area contributed by atoms with Gasteiger partial charge in [0, 0.05) is 31.7 Å². The number of phenolic OH excluding ortho intramolecular Hbond substituents is 1. The Morgan fingerprint density at radius 2 is 1.40 bits per heavy atom. The number of nitrogens with zero attached hydrogens (tertiary/aromatic N) is 2. The number of hydrogen-bond acceptors (Lipinski definition) is 3. The van der Waals surface area contributed by atoms with Crippen LogP contribution in [0.1, 0.15) is 48.5 Å². The third-order valence-electron chi connectivity index (χ3n) is 6.11. The van der Waals surface area contributed by atoms with Crippen LogP contribution in [-0.4, -0.2) is 26.7 Å². The van der Waals surface area contributed by atoms with Crippen molar-refractivity contribution in [3.8, 4) is 5.75 Å². The van der Waals surface area contributed by atoms with Crippen LogP contribution in [0.15, 0.2) is 60.7 Å². The summed E-state index contributed by atoms with van der Waals surface area (Å²) in [6.07, 6.45) is 0. The van der Waals surface area contributed by atoms with Crippen LogP contribution < -0.4 is 0 Å². The third kappa shape index (κ3) is 3.03. The van der Waals surface area contributed by atoms with Gasteiger partial charge in [0.2, 0.25) is 0 Å². The number of aromatic hydroxyl groups is 1. The lowest BCUT2D eigenvalue weighted by molar-refractivity contribution is 0.0747. The fraction of sp³-hybridized carbons (Fsp3) is 0.200. The zero-order chi connectivity index (χ0) is 20.8. The lowest BCUT2D eigenvalue weighted by Crippen LogP contribution is -2.27. The van der Waals surface area contributed by atoms with Crippen molar-refractivity contribution in [2.45, 2.75) is 33.1 Å². The van der Waals surface area contributed by atoms with E-state index in [1.807, 2.05) is 36.4 Å². The average Bonchev–Trinajstić information content (AvgIpc) is 3.38. The molecule has 0 unspecified atom stereocenters. The Hall–Kier alpha value is -3.60. The number of carbonyl (C=O) groups is 2. The Labute approximate surface area is 175 Å². The normalized spacial score (nSPS) is 14.6. The van der Waals surface area contributed by atoms with Gasteiger partial charge in [-0.15, -0.1) is 0 Å². The second-order valence-electron chi connectivity index (χ2n) is 8.04. The molecule has 5 nitrogen and oxygen atoms in total. The number of benzene rings is 3. The smallest absolute Gasteiger partial charge is 0.258 e. The molecule has 2 aliphatic rings. The summed E-state index contributed by atoms with van der Waals surface area (Å²) in [4.78, 5) is 29.7. The van der Waals surface area contributed by atoms with Gasteiger partial charge in [-0.2, -0.15) is 0 Å². The van der Waals surface area contributed by atoms with Gasteiger partial charge < -0.3 is 14.9 Å². The second-order valence-corrected chi connectivity index (χ2v) is 8.04. The topological polar surface area (TPSA) is 60.9 Å². The van der Waals surface area contributed by atoms with Gasteiger partial charge in [-0.3, -0.25) is 9.59 Å². The van der Waals surface area contributed by atoms with Gasteiger partial charge >= 0.3 is 0 Å². The molecule has 0 saturated heterocycles. The molecule has 0 spiro atoms. The van der Waals surface area contributed by atoms with Crippen molar-refractivity contribution in [1.29, 1.82) is 0 Å². The molecule has 3 aromatic carbocycles. The average molecular weight is 398 g/mol. The van der Waals surface area contributed by atoms with Crippen molar-refractivity contribution in [1.82, 2.24) is 9.80 Å². The molecule has 0 radical (unpaired) electrons. The van der Waals surface area contributed by atoms with Gasteiger partial charge in [0.05, 0.1) is 5.56 Å². The monoisotopic (exact) mass is 398 g/mol. The molecular formula is C25H22N2O3. The predicted octanol–water partition coefficient (Wildman–Crippen LogP) is 4.01. The Bertz CT molecular complexity index is 1160. The van der Waals surface area contributed by atoms with E-state index in [0.29, 0.717) is 31.7 Å². The summed E-state index contributed by atoms with van der Waals surface area (Å²) < 4.78 is 0. The molecule has 0 aliphatic carbocycles. The lowest BCUT2D eigenvalue weighted by Gasteiger charge is -2.19. The summed E-state index contributed by atoms with van der Waals surface area (Å²) >= 11 is 0. The highest BCUT2D eigenvalue weighted by atomic mass is 16.3. The molecule has 0 fully saturated rings. The molecule has 0 saturated carbocycles. The fourth-order valence-corrected chi connectivity index (χ4v) is 4.40. The molecule has 2 heterocycles. The Kier molecular flexibility index (Phi) is 4.31. The zero-order valence-corrected chi connectivity index (χ0v) is 16.8. The minimum absolute atomic E-state index is 0.104. The van der Waals surface area contributed by atoms with E-state index >= 15 is 0 Å². The summed E-state index contributed by atoms with van der Waals surface area (Å²) in [5, 5.41) is 10.3. The maximum absolute atomic E-state index is 13.1. The summed E-state index contributed by atoms with van der Waals surface area (Å²) in [6.45, 7) is 4.19. The molecule has 2 aliphatic heterocycles. The van der Waals surface area contributed by atoms with Crippen LogP contribution in [0.4, 0.5) is 0 Å². The SMILES string of the molecule is Cc1cccc2c1CN(C(=O)c1ccc(O)c(C(=O)N3Cc4ccccc4C3)c1)C2. The van der Waals surface area contributed by atoms with Crippen molar-refractivity contribution in [2.75, 3.05) is 0 Å². The molecule has 5 heteroatoms. The van der Waals surface area contributed by atoms with E-state index in [1.54, 1.807) is 15.9 Å². The highest BCUT2D eigenvalue weighted by Crippen LogP contribution is 2.30. The Morgan fingerprint density at radius 3 is 2.10 bits per heavy atom. The number of carbonyl (C=O) groups excluding carboxylic acids is 2. The van der Waals surface area contributed by atoms with Crippen LogP contribution in [0, 0.1) is 6.92 Å². The van der Waals surface area contributed by atoms with E-state index in [-0.39, 0.29) is 23.1 Å². The molecular weight excluding hydrogens is 376 g/mol. The quantitative estimate of drug-likeness (QED) is 0.709. The van der Waals surface area contributed by atoms with Gasteiger partial charge in [0.15, 0.2) is 0 Å². The van der Waals surface area contributed by atoms with Gasteiger partial charge in [-0.25, -0.2) is 0 Å². The third-order valence-corrected chi connectivity index (χ3v) is 6.11. The van der Waals surface area contributed by atoms with Gasteiger partial charge in [0.1, 0.15) is 5.75 Å². The summed E-state index contributed by atoms with van der Waals surface area (Å²) in [5.74, 6) is -0.503. The first-order chi connectivity index (χ1) is 14.5. The van der Waals surface area contributed by atoms with Crippen molar-refractivity contribution in [3.05, 3.63) is 99.6 Å². The lowest BCUT2D eigenvalue weighted by atomic mass is 10.1. The number of aryl methyl sites for hydroxylation is 1. The Morgan fingerprint density at radius 1 is 0.767 bits per heavy atom. The van der Waals surface area contributed by atoms with E-state index in [9.17, 15) is 14.7 Å². The summed E-state index contributed by atoms with van der Waals surface area (Å²) in [6, 6.07) is 18.6. The first-order valence-electron chi connectivity index (χ1n) is 10.1. The molecule has 3 aromatic rings. The number of rotatable bonds is 2. The minimum atomic E-state index is -0.265. The van der Waals surface area contributed by atoms with E-state index in [1.165, 1.54) is 23.3 Å². The van der Waals surface area contributed by atoms with Crippen LogP contribution >= 0.6 is 0 Å². The maximum atomic E-state index is 13.1. The second kappa shape index (κ2) is 7.02. The van der Waals surface area contributed by atoms with Crippen LogP contribution in [-0.2, 0) is 26.2 Å². The highest BCUT2D eigenvalue weighted by Gasteiger charge is 2.29. The molecule has 150 valence electrons. The molecule has 5 rings (SSSR count). The van der Waals surface area contributed by atoms with Crippen LogP contribution in [0.3, 0.4) is 0 Å². The van der Waals surface area contributed by atoms with Gasteiger partial charge in [-0.1, -0.05) is 42.5 Å². The summed E-state index contributed by atoms with van der Waals surface area (Å²) in [7, 11) is 0. The van der Waals surface area contributed by atoms with Crippen molar-refractivity contribution in [3.63, 3.8) is 0 Å². The Balaban J connectivity index is 1.39. The largest absolute Gasteiger partial charge is 0.507 e. The number of fused-ring (bicyclic) bond motifs is 2. The van der Waals surface area contributed by atoms with Gasteiger partial charge in [-0.05, 0) is 52.9 Å². The summed E-state index contributed by atoms with van der Waals surface area (Å²) in [5.41, 5.74) is 6.34. The molecule has 30 heavy (non-hydrogen) atoms. The van der Waals surface area contributed by atoms with Crippen molar-refractivity contribution in [2.24, 2.45) is 0 Å². The van der Waals surface area contributed by atoms with E-state index in [4.69, 9.17) is 0 Å². The van der Waals surface area contributed by atoms with Gasteiger partial charge in [0.25, 0.3) is 11.8 Å². The van der Waals surface area contributed by atoms with Crippen LogP contribution in [0.25, 0.3) is 0 Å². The van der Waals surface area contributed by atoms with Crippen molar-refractivity contribution < 1.29 is 14.7 Å². The first kappa shape index (κ1) is 18.4. The van der Waals surface area contributed by atoms with E-state index in [0.717, 1.165) is 16.7 Å². The maximum Gasteiger partial charge on any atom is 0.258 e. The number of hydrogen-bond donors (Lipinski definition) is 1. The van der Waals surface area contributed by atoms with E-state index < -0.39 is 0 Å².